The molecule has 8 atom stereocenters. The molecule has 5 rings (SSSR count). The van der Waals surface area contributed by atoms with Crippen molar-refractivity contribution in [2.75, 3.05) is 0 Å². The molecule has 33 heavy (non-hydrogen) atoms. The number of H-pyrrole nitrogens is 1. The smallest absolute Gasteiger partial charge is 0.306 e. The molecule has 184 valence electrons. The second-order valence-electron chi connectivity index (χ2n) is 12.0. The van der Waals surface area contributed by atoms with Crippen LogP contribution in [0.15, 0.2) is 6.20 Å². The first-order chi connectivity index (χ1) is 15.4. The van der Waals surface area contributed by atoms with Crippen LogP contribution in [0, 0.1) is 40.4 Å². The number of nitrogens with one attached hydrogen (secondary N) is 1. The predicted octanol–water partition coefficient (Wildman–Crippen LogP) is 4.30. The molecule has 0 radical (unpaired) electrons. The van der Waals surface area contributed by atoms with Gasteiger partial charge in [0, 0.05) is 5.69 Å². The van der Waals surface area contributed by atoms with E-state index in [0.29, 0.717) is 5.41 Å². The van der Waals surface area contributed by atoms with E-state index >= 15 is 0 Å². The fourth-order valence-corrected chi connectivity index (χ4v) is 8.06. The summed E-state index contributed by atoms with van der Waals surface area (Å²) in [6.07, 6.45) is 11.7. The largest absolute Gasteiger partial charge is 0.481 e. The molecule has 0 aromatic carbocycles. The first kappa shape index (κ1) is 24.2. The van der Waals surface area contributed by atoms with Crippen molar-refractivity contribution >= 4 is 11.9 Å². The lowest BCUT2D eigenvalue weighted by Crippen LogP contribution is -2.56. The number of aromatic amines is 1. The van der Waals surface area contributed by atoms with Gasteiger partial charge in [0.05, 0.1) is 24.1 Å². The van der Waals surface area contributed by atoms with Crippen molar-refractivity contribution in [3.63, 3.8) is 0 Å². The van der Waals surface area contributed by atoms with Gasteiger partial charge in [-0.25, -0.2) is 0 Å². The van der Waals surface area contributed by atoms with Crippen LogP contribution in [-0.4, -0.2) is 43.1 Å². The molecule has 1 aromatic rings. The molecule has 4 aliphatic carbocycles. The van der Waals surface area contributed by atoms with E-state index in [4.69, 9.17) is 10.2 Å². The maximum absolute atomic E-state index is 11.0. The quantitative estimate of drug-likeness (QED) is 0.533. The number of hydrogen-bond donors (Lipinski definition) is 4. The van der Waals surface area contributed by atoms with Crippen LogP contribution in [0.5, 0.6) is 0 Å². The van der Waals surface area contributed by atoms with Gasteiger partial charge in [-0.2, -0.15) is 5.10 Å². The highest BCUT2D eigenvalue weighted by Gasteiger charge is 2.63. The van der Waals surface area contributed by atoms with E-state index in [9.17, 15) is 14.7 Å². The Morgan fingerprint density at radius 3 is 2.45 bits per heavy atom. The van der Waals surface area contributed by atoms with Gasteiger partial charge in [-0.05, 0) is 98.4 Å². The van der Waals surface area contributed by atoms with Crippen LogP contribution in [0.1, 0.15) is 83.9 Å². The van der Waals surface area contributed by atoms with Crippen molar-refractivity contribution in [2.45, 2.75) is 91.1 Å². The third-order valence-corrected chi connectivity index (χ3v) is 10.4. The Kier molecular flexibility index (Phi) is 6.17. The van der Waals surface area contributed by atoms with Gasteiger partial charge in [-0.1, -0.05) is 20.8 Å². The average molecular weight is 461 g/mol. The van der Waals surface area contributed by atoms with E-state index in [1.165, 1.54) is 63.1 Å². The topological polar surface area (TPSA) is 124 Å². The number of carbonyl (C=O) groups is 2. The van der Waals surface area contributed by atoms with E-state index in [0.717, 1.165) is 30.1 Å². The number of aliphatic hydroxyl groups is 1. The van der Waals surface area contributed by atoms with E-state index < -0.39 is 23.5 Å². The first-order valence-electron chi connectivity index (χ1n) is 12.6. The summed E-state index contributed by atoms with van der Waals surface area (Å²) in [6.45, 7) is 8.44. The fourth-order valence-electron chi connectivity index (χ4n) is 8.06. The third-order valence-electron chi connectivity index (χ3n) is 10.4. The van der Waals surface area contributed by atoms with Gasteiger partial charge < -0.3 is 15.3 Å². The van der Waals surface area contributed by atoms with Crippen molar-refractivity contribution in [3.05, 3.63) is 17.5 Å². The Hall–Kier alpha value is -1.89. The molecule has 0 unspecified atom stereocenters. The van der Waals surface area contributed by atoms with Gasteiger partial charge in [0.1, 0.15) is 0 Å². The molecule has 4 N–H and O–H groups in total. The molecule has 4 aliphatic rings. The number of rotatable bonds is 3. The number of carboxylic acids is 2. The lowest BCUT2D eigenvalue weighted by molar-refractivity contribution is -0.147. The zero-order valence-electron chi connectivity index (χ0n) is 20.4. The Labute approximate surface area is 196 Å². The van der Waals surface area contributed by atoms with Gasteiger partial charge in [-0.3, -0.25) is 14.7 Å². The summed E-state index contributed by atoms with van der Waals surface area (Å²) >= 11 is 0. The molecule has 0 aliphatic heterocycles. The zero-order valence-corrected chi connectivity index (χ0v) is 20.4. The molecule has 0 amide bonds. The molecule has 0 bridgehead atoms. The van der Waals surface area contributed by atoms with Crippen LogP contribution in [0.3, 0.4) is 0 Å². The minimum atomic E-state index is -1.08. The predicted molar refractivity (Wildman–Crippen MR) is 124 cm³/mol. The summed E-state index contributed by atoms with van der Waals surface area (Å²) < 4.78 is 0. The standard InChI is InChI=1S/C21H32N2O.C5H8O4/c1-19-11-13-12-22-23-18(13)10-14(19)4-5-15-16(19)6-8-20(2)17(15)7-9-21(20,3)24;1-3(5(8)9)2-4(6)7/h12,14-17,24H,4-11H2,1-3H3,(H,22,23);3H,2H2,1H3,(H,6,7)(H,8,9)/t14-,15+,16-,17-,19-,20-,21-;3-/m00/s1. The summed E-state index contributed by atoms with van der Waals surface area (Å²) in [7, 11) is 0. The molecule has 1 heterocycles. The maximum atomic E-state index is 11.0. The Bertz CT molecular complexity index is 910. The number of nitrogens with zero attached hydrogens (tertiary/aromatic N) is 1. The normalized spacial score (nSPS) is 42.0. The molecule has 0 saturated heterocycles. The fraction of sp³-hybridized carbons (Fsp3) is 0.808. The molecule has 0 spiro atoms. The molecule has 1 aromatic heterocycles. The summed E-state index contributed by atoms with van der Waals surface area (Å²) in [5.41, 5.74) is 3.01. The Morgan fingerprint density at radius 1 is 1.12 bits per heavy atom. The van der Waals surface area contributed by atoms with E-state index in [1.54, 1.807) is 0 Å². The van der Waals surface area contributed by atoms with Crippen LogP contribution < -0.4 is 0 Å². The SMILES string of the molecule is C[C@@H](CC(=O)O)C(=O)O.C[C@]12Cc3cn[nH]c3C[C@@H]1CC[C@@H]1[C@@H]2CC[C@@]2(C)[C@H]1CC[C@]2(C)O. The van der Waals surface area contributed by atoms with Crippen molar-refractivity contribution in [1.82, 2.24) is 10.2 Å². The van der Waals surface area contributed by atoms with Crippen molar-refractivity contribution < 1.29 is 24.9 Å². The van der Waals surface area contributed by atoms with Gasteiger partial charge in [-0.15, -0.1) is 0 Å². The average Bonchev–Trinajstić information content (AvgIpc) is 3.26. The Balaban J connectivity index is 0.000000248. The van der Waals surface area contributed by atoms with Crippen molar-refractivity contribution in [3.8, 4) is 0 Å². The minimum absolute atomic E-state index is 0.146. The molecule has 7 nitrogen and oxygen atoms in total. The van der Waals surface area contributed by atoms with Crippen molar-refractivity contribution in [2.24, 2.45) is 40.4 Å². The zero-order chi connectivity index (χ0) is 24.2. The van der Waals surface area contributed by atoms with E-state index in [-0.39, 0.29) is 11.8 Å². The lowest BCUT2D eigenvalue weighted by Gasteiger charge is -2.60. The number of carboxylic acid groups (broad SMARTS) is 2. The summed E-state index contributed by atoms with van der Waals surface area (Å²) in [5.74, 6) is 0.274. The number of hydrogen-bond acceptors (Lipinski definition) is 4. The summed E-state index contributed by atoms with van der Waals surface area (Å²) in [5, 5.41) is 34.8. The number of fused-ring (bicyclic) bond motifs is 6. The summed E-state index contributed by atoms with van der Waals surface area (Å²) in [6, 6.07) is 0. The van der Waals surface area contributed by atoms with Gasteiger partial charge in [0.25, 0.3) is 0 Å². The van der Waals surface area contributed by atoms with Crippen LogP contribution in [0.25, 0.3) is 0 Å². The molecular weight excluding hydrogens is 420 g/mol. The van der Waals surface area contributed by atoms with E-state index in [2.05, 4.69) is 37.2 Å². The van der Waals surface area contributed by atoms with Crippen LogP contribution in [0.2, 0.25) is 0 Å². The highest BCUT2D eigenvalue weighted by atomic mass is 16.4. The lowest BCUT2D eigenvalue weighted by atomic mass is 9.44. The highest BCUT2D eigenvalue weighted by molar-refractivity contribution is 5.77. The van der Waals surface area contributed by atoms with Crippen molar-refractivity contribution in [1.29, 1.82) is 0 Å². The van der Waals surface area contributed by atoms with Gasteiger partial charge >= 0.3 is 11.9 Å². The minimum Gasteiger partial charge on any atom is -0.481 e. The molecule has 3 fully saturated rings. The Morgan fingerprint density at radius 2 is 1.82 bits per heavy atom. The molecular formula is C26H40N2O5. The van der Waals surface area contributed by atoms with Gasteiger partial charge in [0.2, 0.25) is 0 Å². The van der Waals surface area contributed by atoms with Crippen LogP contribution in [-0.2, 0) is 22.4 Å². The maximum Gasteiger partial charge on any atom is 0.306 e. The summed E-state index contributed by atoms with van der Waals surface area (Å²) in [4.78, 5) is 19.8. The third kappa shape index (κ3) is 4.00. The van der Waals surface area contributed by atoms with Gasteiger partial charge in [0.15, 0.2) is 0 Å². The van der Waals surface area contributed by atoms with Crippen LogP contribution >= 0.6 is 0 Å². The monoisotopic (exact) mass is 460 g/mol. The highest BCUT2D eigenvalue weighted by Crippen LogP contribution is 2.67. The first-order valence-corrected chi connectivity index (χ1v) is 12.6. The molecule has 7 heteroatoms. The number of aromatic nitrogens is 2. The van der Waals surface area contributed by atoms with Crippen LogP contribution in [0.4, 0.5) is 0 Å². The molecule has 3 saturated carbocycles. The van der Waals surface area contributed by atoms with E-state index in [1.807, 2.05) is 0 Å². The second-order valence-corrected chi connectivity index (χ2v) is 12.0. The number of aliphatic carboxylic acids is 2. The second kappa shape index (κ2) is 8.40.